The van der Waals surface area contributed by atoms with Crippen molar-refractivity contribution in [1.82, 2.24) is 19.9 Å². The lowest BCUT2D eigenvalue weighted by molar-refractivity contribution is 0.248. The lowest BCUT2D eigenvalue weighted by atomic mass is 9.90. The van der Waals surface area contributed by atoms with Crippen molar-refractivity contribution in [3.8, 4) is 11.5 Å². The molecule has 3 aliphatic rings. The van der Waals surface area contributed by atoms with Crippen molar-refractivity contribution in [2.24, 2.45) is 0 Å². The summed E-state index contributed by atoms with van der Waals surface area (Å²) in [4.78, 5) is 0. The summed E-state index contributed by atoms with van der Waals surface area (Å²) in [6, 6.07) is 5.30. The minimum atomic E-state index is -0.221. The number of hydrogen-bond acceptors (Lipinski definition) is 6. The molecule has 29 heavy (non-hydrogen) atoms. The number of anilines is 1. The summed E-state index contributed by atoms with van der Waals surface area (Å²) in [5.74, 6) is 2.49. The van der Waals surface area contributed by atoms with Crippen molar-refractivity contribution in [2.75, 3.05) is 31.6 Å². The number of nitrogens with one attached hydrogen (secondary N) is 2. The number of aromatic nitrogens is 3. The molecule has 150 valence electrons. The van der Waals surface area contributed by atoms with Crippen molar-refractivity contribution in [1.29, 1.82) is 0 Å². The van der Waals surface area contributed by atoms with Crippen LogP contribution in [0.15, 0.2) is 24.5 Å². The second kappa shape index (κ2) is 6.59. The van der Waals surface area contributed by atoms with Crippen LogP contribution in [0.4, 0.5) is 10.2 Å². The first-order chi connectivity index (χ1) is 14.3. The van der Waals surface area contributed by atoms with Crippen LogP contribution in [0.2, 0.25) is 0 Å². The molecule has 0 bridgehead atoms. The van der Waals surface area contributed by atoms with E-state index in [9.17, 15) is 4.39 Å². The van der Waals surface area contributed by atoms with E-state index in [1.165, 1.54) is 6.07 Å². The van der Waals surface area contributed by atoms with Crippen LogP contribution in [0.5, 0.6) is 11.5 Å². The molecule has 6 rings (SSSR count). The number of nitrogens with zero attached hydrogens (tertiary/aromatic N) is 3. The van der Waals surface area contributed by atoms with Crippen molar-refractivity contribution >= 4 is 11.5 Å². The molecule has 3 aliphatic heterocycles. The van der Waals surface area contributed by atoms with Crippen LogP contribution in [0.25, 0.3) is 5.65 Å². The van der Waals surface area contributed by atoms with E-state index in [2.05, 4.69) is 26.9 Å². The van der Waals surface area contributed by atoms with Crippen LogP contribution in [0, 0.1) is 5.82 Å². The zero-order valence-electron chi connectivity index (χ0n) is 15.9. The first kappa shape index (κ1) is 17.0. The molecular formula is C21H22FN5O2. The fraction of sp³-hybridized carbons (Fsp3) is 0.429. The van der Waals surface area contributed by atoms with Gasteiger partial charge in [-0.3, -0.25) is 4.40 Å². The number of halogens is 1. The fourth-order valence-corrected chi connectivity index (χ4v) is 4.84. The molecule has 1 saturated heterocycles. The second-order valence-electron chi connectivity index (χ2n) is 7.97. The quantitative estimate of drug-likeness (QED) is 0.660. The normalized spacial score (nSPS) is 21.2. The van der Waals surface area contributed by atoms with Crippen LogP contribution in [0.1, 0.15) is 41.4 Å². The monoisotopic (exact) mass is 395 g/mol. The van der Waals surface area contributed by atoms with E-state index in [0.717, 1.165) is 60.0 Å². The maximum absolute atomic E-state index is 14.7. The predicted molar refractivity (Wildman–Crippen MR) is 105 cm³/mol. The summed E-state index contributed by atoms with van der Waals surface area (Å²) < 4.78 is 28.7. The van der Waals surface area contributed by atoms with E-state index < -0.39 is 0 Å². The molecule has 0 aliphatic carbocycles. The maximum atomic E-state index is 14.7. The summed E-state index contributed by atoms with van der Waals surface area (Å²) in [5.41, 5.74) is 3.57. The van der Waals surface area contributed by atoms with E-state index >= 15 is 0 Å². The molecule has 2 aromatic heterocycles. The van der Waals surface area contributed by atoms with Crippen LogP contribution in [-0.2, 0) is 6.54 Å². The number of pyridine rings is 1. The third-order valence-electron chi connectivity index (χ3n) is 6.33. The molecule has 0 unspecified atom stereocenters. The van der Waals surface area contributed by atoms with Gasteiger partial charge in [0.25, 0.3) is 0 Å². The van der Waals surface area contributed by atoms with Gasteiger partial charge < -0.3 is 20.1 Å². The van der Waals surface area contributed by atoms with Crippen LogP contribution in [-0.4, -0.2) is 40.9 Å². The molecule has 5 heterocycles. The number of ether oxygens (including phenoxy) is 2. The molecular weight excluding hydrogens is 373 g/mol. The SMILES string of the molecule is Fc1ccc2c3c1CNc1c(cc(C4CCNCC4)c4nncn14)OC[C@@H]3CO2. The minimum Gasteiger partial charge on any atom is -0.493 e. The third kappa shape index (κ3) is 2.66. The van der Waals surface area contributed by atoms with Crippen molar-refractivity contribution in [3.05, 3.63) is 47.0 Å². The Morgan fingerprint density at radius 1 is 1.07 bits per heavy atom. The summed E-state index contributed by atoms with van der Waals surface area (Å²) in [5, 5.41) is 15.3. The summed E-state index contributed by atoms with van der Waals surface area (Å²) in [6.45, 7) is 3.30. The second-order valence-corrected chi connectivity index (χ2v) is 7.97. The third-order valence-corrected chi connectivity index (χ3v) is 6.33. The summed E-state index contributed by atoms with van der Waals surface area (Å²) in [7, 11) is 0. The van der Waals surface area contributed by atoms with Gasteiger partial charge in [0.1, 0.15) is 17.9 Å². The lowest BCUT2D eigenvalue weighted by Crippen LogP contribution is -2.27. The number of hydrogen-bond donors (Lipinski definition) is 2. The Kier molecular flexibility index (Phi) is 3.87. The van der Waals surface area contributed by atoms with E-state index in [4.69, 9.17) is 9.47 Å². The van der Waals surface area contributed by atoms with Crippen LogP contribution >= 0.6 is 0 Å². The Morgan fingerprint density at radius 2 is 1.90 bits per heavy atom. The molecule has 3 aromatic rings. The average Bonchev–Trinajstić information content (AvgIpc) is 3.40. The van der Waals surface area contributed by atoms with Crippen LogP contribution in [0.3, 0.4) is 0 Å². The first-order valence-corrected chi connectivity index (χ1v) is 10.2. The van der Waals surface area contributed by atoms with Gasteiger partial charge in [-0.15, -0.1) is 10.2 Å². The van der Waals surface area contributed by atoms with Gasteiger partial charge in [-0.05, 0) is 50.0 Å². The van der Waals surface area contributed by atoms with E-state index in [1.54, 1.807) is 12.4 Å². The molecule has 7 nitrogen and oxygen atoms in total. The largest absolute Gasteiger partial charge is 0.493 e. The highest BCUT2D eigenvalue weighted by Crippen LogP contribution is 2.42. The molecule has 1 atom stereocenters. The summed E-state index contributed by atoms with van der Waals surface area (Å²) >= 11 is 0. The van der Waals surface area contributed by atoms with E-state index in [0.29, 0.717) is 31.2 Å². The van der Waals surface area contributed by atoms with Crippen LogP contribution < -0.4 is 20.1 Å². The first-order valence-electron chi connectivity index (χ1n) is 10.2. The van der Waals surface area contributed by atoms with Gasteiger partial charge in [-0.25, -0.2) is 4.39 Å². The maximum Gasteiger partial charge on any atom is 0.165 e. The van der Waals surface area contributed by atoms with Gasteiger partial charge in [0.2, 0.25) is 0 Å². The number of benzene rings is 1. The van der Waals surface area contributed by atoms with Gasteiger partial charge in [0.15, 0.2) is 17.2 Å². The molecule has 0 saturated carbocycles. The predicted octanol–water partition coefficient (Wildman–Crippen LogP) is 2.82. The van der Waals surface area contributed by atoms with Gasteiger partial charge in [0, 0.05) is 23.2 Å². The van der Waals surface area contributed by atoms with Gasteiger partial charge in [0.05, 0.1) is 19.1 Å². The van der Waals surface area contributed by atoms with E-state index in [1.807, 2.05) is 4.40 Å². The Labute approximate surface area is 167 Å². The average molecular weight is 395 g/mol. The van der Waals surface area contributed by atoms with Gasteiger partial charge >= 0.3 is 0 Å². The Hall–Kier alpha value is -2.87. The standard InChI is InChI=1S/C21H22FN5O2/c22-16-1-2-17-19-13(9-28-17)10-29-18-7-14(12-3-5-23-6-4-12)20-26-25-11-27(20)21(18)24-8-15(16)19/h1-2,7,11-13,23-24H,3-6,8-10H2/t13-/m0/s1. The highest BCUT2D eigenvalue weighted by atomic mass is 19.1. The number of fused-ring (bicyclic) bond motifs is 3. The number of rotatable bonds is 1. The smallest absolute Gasteiger partial charge is 0.165 e. The number of piperidine rings is 1. The van der Waals surface area contributed by atoms with Gasteiger partial charge in [-0.2, -0.15) is 0 Å². The Bertz CT molecular complexity index is 1090. The van der Waals surface area contributed by atoms with Gasteiger partial charge in [-0.1, -0.05) is 0 Å². The van der Waals surface area contributed by atoms with E-state index in [-0.39, 0.29) is 11.7 Å². The molecule has 1 fully saturated rings. The molecule has 0 amide bonds. The minimum absolute atomic E-state index is 0.0161. The molecule has 2 N–H and O–H groups in total. The molecule has 8 heteroatoms. The molecule has 0 radical (unpaired) electrons. The van der Waals surface area contributed by atoms with Crippen molar-refractivity contribution < 1.29 is 13.9 Å². The Balaban J connectivity index is 1.47. The zero-order chi connectivity index (χ0) is 19.4. The zero-order valence-corrected chi connectivity index (χ0v) is 15.9. The topological polar surface area (TPSA) is 72.7 Å². The summed E-state index contributed by atoms with van der Waals surface area (Å²) in [6.07, 6.45) is 3.82. The fourth-order valence-electron chi connectivity index (χ4n) is 4.84. The highest BCUT2D eigenvalue weighted by molar-refractivity contribution is 5.65. The molecule has 0 spiro atoms. The Morgan fingerprint density at radius 3 is 2.76 bits per heavy atom. The van der Waals surface area contributed by atoms with Crippen molar-refractivity contribution in [2.45, 2.75) is 31.2 Å². The van der Waals surface area contributed by atoms with Crippen molar-refractivity contribution in [3.63, 3.8) is 0 Å². The lowest BCUT2D eigenvalue weighted by Gasteiger charge is -2.25. The highest BCUT2D eigenvalue weighted by Gasteiger charge is 2.32. The molecule has 1 aromatic carbocycles.